The fourth-order valence-electron chi connectivity index (χ4n) is 4.94. The molecule has 40 heavy (non-hydrogen) atoms. The molecule has 0 spiro atoms. The first kappa shape index (κ1) is 27.4. The summed E-state index contributed by atoms with van der Waals surface area (Å²) < 4.78 is 51.8. The average molecular weight is 564 g/mol. The highest BCUT2D eigenvalue weighted by Crippen LogP contribution is 2.45. The minimum Gasteiger partial charge on any atom is -0.497 e. The van der Waals surface area contributed by atoms with Gasteiger partial charge in [0.2, 0.25) is 10.0 Å². The Morgan fingerprint density at radius 3 is 2.35 bits per heavy atom. The van der Waals surface area contributed by atoms with Crippen LogP contribution in [-0.2, 0) is 29.6 Å². The van der Waals surface area contributed by atoms with Gasteiger partial charge in [-0.3, -0.25) is 14.1 Å². The molecule has 0 saturated heterocycles. The van der Waals surface area contributed by atoms with Crippen LogP contribution in [0.2, 0.25) is 0 Å². The van der Waals surface area contributed by atoms with Crippen molar-refractivity contribution in [2.45, 2.75) is 26.5 Å². The van der Waals surface area contributed by atoms with Crippen molar-refractivity contribution in [1.82, 2.24) is 9.88 Å². The molecule has 3 aromatic carbocycles. The van der Waals surface area contributed by atoms with Gasteiger partial charge in [-0.15, -0.1) is 0 Å². The SMILES string of the molecule is CCN1Cc2c(c(OCc3ccc(OC)cc3)c3ncc(Cc4ccc(F)cc4)cc3c2N(C)S(C)(=O)=O)C1=O. The number of methoxy groups -OCH3 is 1. The molecule has 0 aliphatic carbocycles. The van der Waals surface area contributed by atoms with Gasteiger partial charge in [0.1, 0.15) is 23.7 Å². The van der Waals surface area contributed by atoms with Crippen LogP contribution in [0.25, 0.3) is 10.9 Å². The molecule has 5 rings (SSSR count). The topological polar surface area (TPSA) is 89.0 Å². The van der Waals surface area contributed by atoms with Gasteiger partial charge in [0.05, 0.1) is 24.6 Å². The van der Waals surface area contributed by atoms with Crippen LogP contribution in [0.4, 0.5) is 10.1 Å². The van der Waals surface area contributed by atoms with E-state index in [9.17, 15) is 17.6 Å². The normalized spacial score (nSPS) is 13.0. The lowest BCUT2D eigenvalue weighted by molar-refractivity contribution is 0.0783. The van der Waals surface area contributed by atoms with E-state index in [0.29, 0.717) is 52.2 Å². The van der Waals surface area contributed by atoms with Gasteiger partial charge >= 0.3 is 0 Å². The Hall–Kier alpha value is -4.18. The number of rotatable bonds is 9. The minimum atomic E-state index is -3.68. The zero-order valence-corrected chi connectivity index (χ0v) is 23.6. The third kappa shape index (κ3) is 5.19. The van der Waals surface area contributed by atoms with Crippen molar-refractivity contribution in [3.63, 3.8) is 0 Å². The van der Waals surface area contributed by atoms with E-state index < -0.39 is 10.0 Å². The molecule has 10 heteroatoms. The molecule has 0 saturated carbocycles. The summed E-state index contributed by atoms with van der Waals surface area (Å²) in [5.41, 5.74) is 4.26. The van der Waals surface area contributed by atoms with Crippen molar-refractivity contribution in [1.29, 1.82) is 0 Å². The number of amides is 1. The monoisotopic (exact) mass is 563 g/mol. The van der Waals surface area contributed by atoms with Crippen LogP contribution in [0, 0.1) is 5.82 Å². The first-order valence-corrected chi connectivity index (χ1v) is 14.7. The van der Waals surface area contributed by atoms with Gasteiger partial charge in [-0.1, -0.05) is 24.3 Å². The number of anilines is 1. The van der Waals surface area contributed by atoms with E-state index in [-0.39, 0.29) is 24.9 Å². The third-order valence-corrected chi connectivity index (χ3v) is 8.31. The van der Waals surface area contributed by atoms with Crippen molar-refractivity contribution >= 4 is 32.5 Å². The number of hydrogen-bond acceptors (Lipinski definition) is 6. The van der Waals surface area contributed by atoms with Gasteiger partial charge in [0.15, 0.2) is 5.75 Å². The van der Waals surface area contributed by atoms with E-state index in [1.165, 1.54) is 23.5 Å². The van der Waals surface area contributed by atoms with E-state index in [1.807, 2.05) is 37.3 Å². The summed E-state index contributed by atoms with van der Waals surface area (Å²) in [6.45, 7) is 2.75. The summed E-state index contributed by atoms with van der Waals surface area (Å²) in [5, 5.41) is 0.557. The van der Waals surface area contributed by atoms with Crippen LogP contribution in [0.3, 0.4) is 0 Å². The molecule has 2 heterocycles. The average Bonchev–Trinajstić information content (AvgIpc) is 3.27. The number of fused-ring (bicyclic) bond motifs is 2. The summed E-state index contributed by atoms with van der Waals surface area (Å²) in [6.07, 6.45) is 3.27. The van der Waals surface area contributed by atoms with E-state index >= 15 is 0 Å². The molecule has 1 aromatic heterocycles. The molecule has 208 valence electrons. The Labute approximate surface area is 233 Å². The smallest absolute Gasteiger partial charge is 0.258 e. The highest BCUT2D eigenvalue weighted by Gasteiger charge is 2.37. The van der Waals surface area contributed by atoms with Gasteiger partial charge in [-0.2, -0.15) is 0 Å². The molecule has 1 aliphatic rings. The molecular weight excluding hydrogens is 533 g/mol. The maximum absolute atomic E-state index is 13.6. The van der Waals surface area contributed by atoms with Crippen LogP contribution in [0.15, 0.2) is 60.8 Å². The maximum atomic E-state index is 13.6. The van der Waals surface area contributed by atoms with E-state index in [1.54, 1.807) is 30.3 Å². The lowest BCUT2D eigenvalue weighted by Gasteiger charge is -2.24. The highest BCUT2D eigenvalue weighted by molar-refractivity contribution is 7.92. The Morgan fingerprint density at radius 2 is 1.73 bits per heavy atom. The number of halogens is 1. The quantitative estimate of drug-likeness (QED) is 0.287. The number of nitrogens with zero attached hydrogens (tertiary/aromatic N) is 3. The first-order chi connectivity index (χ1) is 19.1. The molecule has 0 unspecified atom stereocenters. The van der Waals surface area contributed by atoms with Crippen molar-refractivity contribution in [2.75, 3.05) is 31.3 Å². The molecule has 0 atom stereocenters. The lowest BCUT2D eigenvalue weighted by Crippen LogP contribution is -2.26. The second-order valence-corrected chi connectivity index (χ2v) is 11.8. The summed E-state index contributed by atoms with van der Waals surface area (Å²) in [6, 6.07) is 15.5. The molecular formula is C30H30FN3O5S. The first-order valence-electron chi connectivity index (χ1n) is 12.8. The predicted octanol–water partition coefficient (Wildman–Crippen LogP) is 4.92. The summed E-state index contributed by atoms with van der Waals surface area (Å²) in [4.78, 5) is 19.9. The van der Waals surface area contributed by atoms with Gasteiger partial charge in [0, 0.05) is 37.3 Å². The van der Waals surface area contributed by atoms with Gasteiger partial charge in [-0.25, -0.2) is 12.8 Å². The van der Waals surface area contributed by atoms with Crippen LogP contribution in [-0.4, -0.2) is 51.2 Å². The van der Waals surface area contributed by atoms with Crippen LogP contribution < -0.4 is 13.8 Å². The number of hydrogen-bond donors (Lipinski definition) is 0. The van der Waals surface area contributed by atoms with Crippen LogP contribution in [0.5, 0.6) is 11.5 Å². The highest BCUT2D eigenvalue weighted by atomic mass is 32.2. The third-order valence-electron chi connectivity index (χ3n) is 7.14. The molecule has 1 amide bonds. The van der Waals surface area contributed by atoms with Crippen LogP contribution in [0.1, 0.15) is 39.5 Å². The second kappa shape index (κ2) is 10.8. The number of benzene rings is 3. The molecule has 1 aliphatic heterocycles. The zero-order valence-electron chi connectivity index (χ0n) is 22.8. The largest absolute Gasteiger partial charge is 0.497 e. The predicted molar refractivity (Wildman–Crippen MR) is 152 cm³/mol. The number of ether oxygens (including phenoxy) is 2. The second-order valence-electron chi connectivity index (χ2n) is 9.76. The van der Waals surface area contributed by atoms with Gasteiger partial charge in [0.25, 0.3) is 5.91 Å². The molecule has 8 nitrogen and oxygen atoms in total. The number of carbonyl (C=O) groups is 1. The minimum absolute atomic E-state index is 0.172. The van der Waals surface area contributed by atoms with Crippen molar-refractivity contribution < 1.29 is 27.1 Å². The summed E-state index contributed by atoms with van der Waals surface area (Å²) >= 11 is 0. The van der Waals surface area contributed by atoms with Crippen molar-refractivity contribution in [2.24, 2.45) is 0 Å². The van der Waals surface area contributed by atoms with E-state index in [0.717, 1.165) is 22.9 Å². The summed E-state index contributed by atoms with van der Waals surface area (Å²) in [5.74, 6) is 0.481. The Kier molecular flexibility index (Phi) is 7.37. The number of pyridine rings is 1. The van der Waals surface area contributed by atoms with Crippen molar-refractivity contribution in [3.8, 4) is 11.5 Å². The Balaban J connectivity index is 1.69. The standard InChI is InChI=1S/C30H30FN3O5S/c1-5-34-17-25-26(30(34)35)29(39-18-20-8-12-23(38-3)13-9-20)27-24(28(25)33(2)40(4,36)37)15-21(16-32-27)14-19-6-10-22(31)11-7-19/h6-13,15-16H,5,14,17-18H2,1-4H3. The lowest BCUT2D eigenvalue weighted by atomic mass is 9.98. The summed E-state index contributed by atoms with van der Waals surface area (Å²) in [7, 11) is -0.606. The molecule has 0 radical (unpaired) electrons. The fourth-order valence-corrected chi connectivity index (χ4v) is 5.48. The maximum Gasteiger partial charge on any atom is 0.258 e. The van der Waals surface area contributed by atoms with Crippen molar-refractivity contribution in [3.05, 3.63) is 94.4 Å². The Morgan fingerprint density at radius 1 is 1.05 bits per heavy atom. The zero-order chi connectivity index (χ0) is 28.6. The molecule has 0 N–H and O–H groups in total. The number of sulfonamides is 1. The van der Waals surface area contributed by atoms with Gasteiger partial charge in [-0.05, 0) is 60.4 Å². The molecule has 0 bridgehead atoms. The molecule has 4 aromatic rings. The molecule has 0 fully saturated rings. The van der Waals surface area contributed by atoms with E-state index in [4.69, 9.17) is 14.5 Å². The number of carbonyl (C=O) groups excluding carboxylic acids is 1. The Bertz CT molecular complexity index is 1690. The van der Waals surface area contributed by atoms with E-state index in [2.05, 4.69) is 0 Å². The van der Waals surface area contributed by atoms with Gasteiger partial charge < -0.3 is 14.4 Å². The number of aromatic nitrogens is 1. The fraction of sp³-hybridized carbons (Fsp3) is 0.267. The van der Waals surface area contributed by atoms with Crippen LogP contribution >= 0.6 is 0 Å².